The van der Waals surface area contributed by atoms with Crippen LogP contribution in [0.1, 0.15) is 35.1 Å². The van der Waals surface area contributed by atoms with E-state index in [0.717, 1.165) is 37.2 Å². The molecule has 0 fully saturated rings. The summed E-state index contributed by atoms with van der Waals surface area (Å²) >= 11 is 0. The van der Waals surface area contributed by atoms with Crippen LogP contribution in [0, 0.1) is 0 Å². The molecule has 1 nitrogen and oxygen atoms in total. The Morgan fingerprint density at radius 2 is 0.811 bits per heavy atom. The molecule has 0 aliphatic rings. The molecule has 1 heteroatoms. The lowest BCUT2D eigenvalue weighted by molar-refractivity contribution is 0.289. The molecule has 184 valence electrons. The van der Waals surface area contributed by atoms with E-state index in [-0.39, 0.29) is 0 Å². The topological polar surface area (TPSA) is 9.23 Å². The molecule has 0 amide bonds. The normalized spacial score (nSPS) is 12.3. The van der Waals surface area contributed by atoms with Gasteiger partial charge in [-0.2, -0.15) is 0 Å². The Balaban J connectivity index is 1.52. The van der Waals surface area contributed by atoms with Crippen molar-refractivity contribution in [2.24, 2.45) is 0 Å². The summed E-state index contributed by atoms with van der Waals surface area (Å²) in [6.45, 7) is 0. The summed E-state index contributed by atoms with van der Waals surface area (Å²) < 4.78 is 6.59. The summed E-state index contributed by atoms with van der Waals surface area (Å²) in [5.41, 5.74) is 4.93. The molecule has 37 heavy (non-hydrogen) atoms. The van der Waals surface area contributed by atoms with Crippen molar-refractivity contribution in [1.29, 1.82) is 0 Å². The molecule has 0 N–H and O–H groups in total. The van der Waals surface area contributed by atoms with Crippen molar-refractivity contribution >= 4 is 12.2 Å². The second kappa shape index (κ2) is 14.9. The zero-order chi connectivity index (χ0) is 25.4. The highest BCUT2D eigenvalue weighted by atomic mass is 16.5. The summed E-state index contributed by atoms with van der Waals surface area (Å²) in [7, 11) is 0. The van der Waals surface area contributed by atoms with Crippen molar-refractivity contribution in [2.45, 2.75) is 25.7 Å². The van der Waals surface area contributed by atoms with Gasteiger partial charge in [0.25, 0.3) is 0 Å². The first-order chi connectivity index (χ1) is 18.3. The number of allylic oxidation sites excluding steroid dienone is 4. The molecule has 0 aliphatic carbocycles. The van der Waals surface area contributed by atoms with Crippen LogP contribution in [0.15, 0.2) is 157 Å². The lowest BCUT2D eigenvalue weighted by atomic mass is 10.1. The minimum atomic E-state index is 0.729. The zero-order valence-corrected chi connectivity index (χ0v) is 21.2. The highest BCUT2D eigenvalue weighted by molar-refractivity contribution is 5.50. The Morgan fingerprint density at radius 1 is 0.459 bits per heavy atom. The molecule has 0 heterocycles. The average Bonchev–Trinajstić information content (AvgIpc) is 2.96. The lowest BCUT2D eigenvalue weighted by Crippen LogP contribution is -1.96. The molecule has 0 saturated carbocycles. The third-order valence-corrected chi connectivity index (χ3v) is 5.94. The zero-order valence-electron chi connectivity index (χ0n) is 21.2. The molecule has 0 bridgehead atoms. The third kappa shape index (κ3) is 9.66. The lowest BCUT2D eigenvalue weighted by Gasteiger charge is -2.12. The van der Waals surface area contributed by atoms with E-state index < -0.39 is 0 Å². The van der Waals surface area contributed by atoms with Crippen LogP contribution in [-0.2, 0) is 17.6 Å². The van der Waals surface area contributed by atoms with Gasteiger partial charge in [-0.1, -0.05) is 146 Å². The molecule has 4 rings (SSSR count). The van der Waals surface area contributed by atoms with Crippen LogP contribution in [-0.4, -0.2) is 0 Å². The van der Waals surface area contributed by atoms with E-state index >= 15 is 0 Å². The van der Waals surface area contributed by atoms with Gasteiger partial charge in [-0.25, -0.2) is 0 Å². The summed E-state index contributed by atoms with van der Waals surface area (Å²) in [5, 5.41) is 0. The Bertz CT molecular complexity index is 1190. The predicted octanol–water partition coefficient (Wildman–Crippen LogP) is 9.46. The first-order valence-electron chi connectivity index (χ1n) is 12.9. The molecule has 0 spiro atoms. The molecule has 0 atom stereocenters. The van der Waals surface area contributed by atoms with Gasteiger partial charge in [0, 0.05) is 12.8 Å². The molecule has 4 aromatic rings. The van der Waals surface area contributed by atoms with E-state index in [1.165, 1.54) is 22.3 Å². The summed E-state index contributed by atoms with van der Waals surface area (Å²) in [6, 6.07) is 41.8. The average molecular weight is 483 g/mol. The standard InChI is InChI=1S/C36H34O/c1-5-15-31(16-6-1)23-13-25-35(29-27-33-19-9-3-10-20-33)37-36(30-28-34-21-11-4-12-22-34)26-14-24-32-17-7-2-8-18-32/h1-24,29-30H,25-28H2/b23-13+,24-14+,35-29-,36-30-. The van der Waals surface area contributed by atoms with E-state index in [1.807, 2.05) is 12.1 Å². The molecule has 0 unspecified atom stereocenters. The van der Waals surface area contributed by atoms with Gasteiger partial charge in [-0.15, -0.1) is 0 Å². The van der Waals surface area contributed by atoms with Gasteiger partial charge in [-0.05, 0) is 47.2 Å². The smallest absolute Gasteiger partial charge is 0.104 e. The fraction of sp³-hybridized carbons (Fsp3) is 0.111. The van der Waals surface area contributed by atoms with Crippen LogP contribution in [0.3, 0.4) is 0 Å². The van der Waals surface area contributed by atoms with Gasteiger partial charge in [0.2, 0.25) is 0 Å². The van der Waals surface area contributed by atoms with E-state index in [0.29, 0.717) is 0 Å². The molecule has 4 aromatic carbocycles. The van der Waals surface area contributed by atoms with E-state index in [4.69, 9.17) is 4.74 Å². The fourth-order valence-electron chi connectivity index (χ4n) is 3.94. The van der Waals surface area contributed by atoms with Crippen LogP contribution in [0.25, 0.3) is 12.2 Å². The Labute approximate surface area is 221 Å². The molecule has 0 aromatic heterocycles. The highest BCUT2D eigenvalue weighted by Gasteiger charge is 2.04. The second-order valence-electron chi connectivity index (χ2n) is 8.86. The minimum absolute atomic E-state index is 0.729. The number of hydrogen-bond donors (Lipinski definition) is 0. The Morgan fingerprint density at radius 3 is 1.19 bits per heavy atom. The first-order valence-corrected chi connectivity index (χ1v) is 12.9. The molecule has 0 radical (unpaired) electrons. The van der Waals surface area contributed by atoms with Crippen LogP contribution in [0.5, 0.6) is 0 Å². The Kier molecular flexibility index (Phi) is 10.4. The largest absolute Gasteiger partial charge is 0.466 e. The summed E-state index contributed by atoms with van der Waals surface area (Å²) in [5.74, 6) is 1.92. The van der Waals surface area contributed by atoms with Crippen LogP contribution in [0.2, 0.25) is 0 Å². The second-order valence-corrected chi connectivity index (χ2v) is 8.86. The van der Waals surface area contributed by atoms with Crippen LogP contribution < -0.4 is 0 Å². The first kappa shape index (κ1) is 25.7. The molecular weight excluding hydrogens is 448 g/mol. The van der Waals surface area contributed by atoms with Crippen LogP contribution in [0.4, 0.5) is 0 Å². The van der Waals surface area contributed by atoms with Crippen molar-refractivity contribution in [3.63, 3.8) is 0 Å². The maximum Gasteiger partial charge on any atom is 0.104 e. The predicted molar refractivity (Wildman–Crippen MR) is 158 cm³/mol. The van der Waals surface area contributed by atoms with Gasteiger partial charge in [0.05, 0.1) is 0 Å². The van der Waals surface area contributed by atoms with Gasteiger partial charge in [-0.3, -0.25) is 0 Å². The van der Waals surface area contributed by atoms with Gasteiger partial charge in [0.1, 0.15) is 11.5 Å². The number of hydrogen-bond acceptors (Lipinski definition) is 1. The summed E-state index contributed by atoms with van der Waals surface area (Å²) in [4.78, 5) is 0. The SMILES string of the molecule is C(/Cc1ccccc1)=C(\C/C=C/c1ccccc1)O/C(=C\Cc1ccccc1)C/C=C/c1ccccc1. The van der Waals surface area contributed by atoms with Crippen molar-refractivity contribution in [3.05, 3.63) is 179 Å². The van der Waals surface area contributed by atoms with Crippen molar-refractivity contribution in [3.8, 4) is 0 Å². The number of benzene rings is 4. The number of ether oxygens (including phenoxy) is 1. The molecule has 0 aliphatic heterocycles. The van der Waals surface area contributed by atoms with Crippen molar-refractivity contribution < 1.29 is 4.74 Å². The van der Waals surface area contributed by atoms with Gasteiger partial charge in [0.15, 0.2) is 0 Å². The maximum atomic E-state index is 6.59. The van der Waals surface area contributed by atoms with Crippen LogP contribution >= 0.6 is 0 Å². The van der Waals surface area contributed by atoms with E-state index in [9.17, 15) is 0 Å². The number of rotatable bonds is 12. The molecule has 0 saturated heterocycles. The third-order valence-electron chi connectivity index (χ3n) is 5.94. The highest BCUT2D eigenvalue weighted by Crippen LogP contribution is 2.19. The van der Waals surface area contributed by atoms with Gasteiger partial charge >= 0.3 is 0 Å². The van der Waals surface area contributed by atoms with E-state index in [1.54, 1.807) is 0 Å². The van der Waals surface area contributed by atoms with Gasteiger partial charge < -0.3 is 4.74 Å². The maximum absolute atomic E-state index is 6.59. The van der Waals surface area contributed by atoms with Crippen molar-refractivity contribution in [1.82, 2.24) is 0 Å². The summed E-state index contributed by atoms with van der Waals surface area (Å²) in [6.07, 6.45) is 16.2. The molecular formula is C36H34O. The monoisotopic (exact) mass is 482 g/mol. The quantitative estimate of drug-likeness (QED) is 0.183. The Hall–Kier alpha value is -4.36. The van der Waals surface area contributed by atoms with Crippen molar-refractivity contribution in [2.75, 3.05) is 0 Å². The minimum Gasteiger partial charge on any atom is -0.466 e. The fourth-order valence-corrected chi connectivity index (χ4v) is 3.94. The van der Waals surface area contributed by atoms with E-state index in [2.05, 4.69) is 146 Å².